The van der Waals surface area contributed by atoms with Crippen molar-refractivity contribution in [3.63, 3.8) is 0 Å². The van der Waals surface area contributed by atoms with Gasteiger partial charge in [-0.3, -0.25) is 9.89 Å². The lowest BCUT2D eigenvalue weighted by Gasteiger charge is -2.48. The smallest absolute Gasteiger partial charge is 0.233 e. The molecule has 9 heteroatoms. The molecule has 4 aromatic rings. The molecule has 0 spiro atoms. The van der Waals surface area contributed by atoms with Gasteiger partial charge in [0.05, 0.1) is 37.5 Å². The summed E-state index contributed by atoms with van der Waals surface area (Å²) in [6, 6.07) is 21.4. The highest BCUT2D eigenvalue weighted by Gasteiger charge is 2.48. The number of anilines is 1. The zero-order valence-corrected chi connectivity index (χ0v) is 23.9. The molecule has 3 aromatic carbocycles. The number of hydrogen-bond acceptors (Lipinski definition) is 6. The van der Waals surface area contributed by atoms with Crippen LogP contribution >= 0.6 is 0 Å². The van der Waals surface area contributed by atoms with Gasteiger partial charge < -0.3 is 25.3 Å². The molecule has 5 rings (SSSR count). The van der Waals surface area contributed by atoms with Gasteiger partial charge in [-0.2, -0.15) is 5.10 Å². The molecular weight excluding hydrogens is 549 g/mol. The number of nitrogens with one attached hydrogen (secondary N) is 1. The molecule has 43 heavy (non-hydrogen) atoms. The number of aliphatic hydroxyl groups is 4. The molecule has 1 aliphatic heterocycles. The van der Waals surface area contributed by atoms with Crippen molar-refractivity contribution < 1.29 is 29.6 Å². The maximum atomic E-state index is 13.6. The Balaban J connectivity index is 1.32. The lowest BCUT2D eigenvalue weighted by Crippen LogP contribution is -2.55. The third-order valence-electron chi connectivity index (χ3n) is 8.48. The number of hydrogen-bond donors (Lipinski definition) is 5. The molecule has 3 atom stereocenters. The van der Waals surface area contributed by atoms with E-state index in [0.29, 0.717) is 24.8 Å². The number of carbonyl (C=O) groups is 1. The summed E-state index contributed by atoms with van der Waals surface area (Å²) in [5, 5.41) is 46.6. The number of rotatable bonds is 14. The van der Waals surface area contributed by atoms with E-state index >= 15 is 0 Å². The van der Waals surface area contributed by atoms with Gasteiger partial charge in [0.1, 0.15) is 11.4 Å². The molecule has 8 nitrogen and oxygen atoms in total. The van der Waals surface area contributed by atoms with Crippen molar-refractivity contribution in [2.75, 3.05) is 18.1 Å². The van der Waals surface area contributed by atoms with E-state index in [1.165, 1.54) is 12.1 Å². The summed E-state index contributed by atoms with van der Waals surface area (Å²) in [6.45, 7) is -1.04. The number of halogens is 1. The van der Waals surface area contributed by atoms with Crippen LogP contribution in [0.4, 0.5) is 10.1 Å². The van der Waals surface area contributed by atoms with Gasteiger partial charge in [0.2, 0.25) is 5.91 Å². The number of amides is 1. The Morgan fingerprint density at radius 3 is 2.14 bits per heavy atom. The number of aromatic nitrogens is 2. The van der Waals surface area contributed by atoms with Crippen molar-refractivity contribution in [2.45, 2.75) is 56.3 Å². The van der Waals surface area contributed by atoms with E-state index in [9.17, 15) is 29.6 Å². The number of aromatic amines is 1. The molecule has 2 heterocycles. The van der Waals surface area contributed by atoms with Gasteiger partial charge in [0.15, 0.2) is 0 Å². The fourth-order valence-corrected chi connectivity index (χ4v) is 5.68. The molecular formula is C34H38FN3O5. The van der Waals surface area contributed by atoms with Crippen molar-refractivity contribution in [1.29, 1.82) is 0 Å². The van der Waals surface area contributed by atoms with Crippen molar-refractivity contribution in [2.24, 2.45) is 5.92 Å². The molecule has 1 amide bonds. The summed E-state index contributed by atoms with van der Waals surface area (Å²) in [6.07, 6.45) is 6.11. The Kier molecular flexibility index (Phi) is 9.67. The van der Waals surface area contributed by atoms with E-state index in [1.54, 1.807) is 17.0 Å². The number of aryl methyl sites for hydroxylation is 3. The Morgan fingerprint density at radius 1 is 0.884 bits per heavy atom. The predicted molar refractivity (Wildman–Crippen MR) is 161 cm³/mol. The fourth-order valence-electron chi connectivity index (χ4n) is 5.68. The summed E-state index contributed by atoms with van der Waals surface area (Å²) in [7, 11) is 0. The molecule has 5 N–H and O–H groups in total. The zero-order valence-electron chi connectivity index (χ0n) is 23.9. The highest BCUT2D eigenvalue weighted by atomic mass is 19.1. The monoisotopic (exact) mass is 587 g/mol. The van der Waals surface area contributed by atoms with Crippen LogP contribution in [-0.4, -0.2) is 55.3 Å². The molecule has 0 aliphatic carbocycles. The topological polar surface area (TPSA) is 130 Å². The number of aliphatic hydroxyl groups excluding tert-OH is 3. The first kappa shape index (κ1) is 30.6. The van der Waals surface area contributed by atoms with Crippen molar-refractivity contribution in [1.82, 2.24) is 10.2 Å². The average Bonchev–Trinajstić information content (AvgIpc) is 3.56. The molecule has 1 fully saturated rings. The molecule has 1 aliphatic rings. The minimum absolute atomic E-state index is 0.0116. The van der Waals surface area contributed by atoms with Crippen LogP contribution in [0.2, 0.25) is 0 Å². The van der Waals surface area contributed by atoms with Crippen LogP contribution in [0.15, 0.2) is 85.2 Å². The van der Waals surface area contributed by atoms with Gasteiger partial charge in [0.25, 0.3) is 0 Å². The second kappa shape index (κ2) is 13.6. The van der Waals surface area contributed by atoms with Crippen LogP contribution in [0.1, 0.15) is 59.2 Å². The maximum absolute atomic E-state index is 13.6. The van der Waals surface area contributed by atoms with Crippen LogP contribution < -0.4 is 4.90 Å². The number of H-pyrrole nitrogens is 1. The molecule has 0 bridgehead atoms. The van der Waals surface area contributed by atoms with E-state index in [2.05, 4.69) is 10.2 Å². The van der Waals surface area contributed by atoms with Crippen LogP contribution in [0, 0.1) is 11.7 Å². The van der Waals surface area contributed by atoms with Crippen molar-refractivity contribution >= 4 is 11.6 Å². The second-order valence-electron chi connectivity index (χ2n) is 11.5. The van der Waals surface area contributed by atoms with Gasteiger partial charge in [-0.05, 0) is 90.6 Å². The first-order chi connectivity index (χ1) is 20.8. The summed E-state index contributed by atoms with van der Waals surface area (Å²) in [5.74, 6) is -0.716. The van der Waals surface area contributed by atoms with Gasteiger partial charge >= 0.3 is 0 Å². The Bertz CT molecular complexity index is 1460. The number of nitrogens with zero attached hydrogens (tertiary/aromatic N) is 2. The van der Waals surface area contributed by atoms with Crippen molar-refractivity contribution in [3.05, 3.63) is 119 Å². The Labute approximate surface area is 250 Å². The third kappa shape index (κ3) is 7.19. The number of β-lactam (4-membered cyclic amide) rings is 1. The maximum Gasteiger partial charge on any atom is 0.233 e. The minimum Gasteiger partial charge on any atom is -0.393 e. The van der Waals surface area contributed by atoms with Crippen LogP contribution in [0.5, 0.6) is 0 Å². The van der Waals surface area contributed by atoms with E-state index in [1.807, 2.05) is 60.9 Å². The van der Waals surface area contributed by atoms with Gasteiger partial charge in [-0.1, -0.05) is 48.5 Å². The standard InChI is InChI=1S/C34H38FN3O5/c35-28-11-9-26(10-12-28)31(41)16-15-30-32(27-7-3-24(4-8-27)17-18-34(43,21-39)22-40)38(33(30)42)29-13-5-23(6-14-29)1-2-25-19-36-37-20-25/h3-14,19-20,30-32,39-41,43H,1-2,15-18,21-22H2,(H,36,37)/t30-,31+,32-/m1/s1. The normalized spacial score (nSPS) is 17.6. The molecule has 0 unspecified atom stereocenters. The quantitative estimate of drug-likeness (QED) is 0.141. The fraction of sp³-hybridized carbons (Fsp3) is 0.353. The van der Waals surface area contributed by atoms with Gasteiger partial charge in [0, 0.05) is 11.9 Å². The second-order valence-corrected chi connectivity index (χ2v) is 11.5. The molecule has 1 aromatic heterocycles. The van der Waals surface area contributed by atoms with Crippen LogP contribution in [0.3, 0.4) is 0 Å². The van der Waals surface area contributed by atoms with E-state index < -0.39 is 24.9 Å². The Morgan fingerprint density at radius 2 is 1.51 bits per heavy atom. The summed E-state index contributed by atoms with van der Waals surface area (Å²) in [4.78, 5) is 15.4. The predicted octanol–water partition coefficient (Wildman–Crippen LogP) is 4.20. The van der Waals surface area contributed by atoms with E-state index in [-0.39, 0.29) is 30.1 Å². The minimum atomic E-state index is -1.53. The first-order valence-electron chi connectivity index (χ1n) is 14.7. The Hall–Kier alpha value is -3.89. The molecule has 226 valence electrons. The first-order valence-corrected chi connectivity index (χ1v) is 14.7. The highest BCUT2D eigenvalue weighted by molar-refractivity contribution is 6.03. The van der Waals surface area contributed by atoms with Crippen LogP contribution in [-0.2, 0) is 24.1 Å². The number of benzene rings is 3. The van der Waals surface area contributed by atoms with E-state index in [4.69, 9.17) is 0 Å². The van der Waals surface area contributed by atoms with Gasteiger partial charge in [-0.25, -0.2) is 4.39 Å². The summed E-state index contributed by atoms with van der Waals surface area (Å²) >= 11 is 0. The van der Waals surface area contributed by atoms with Crippen molar-refractivity contribution in [3.8, 4) is 0 Å². The lowest BCUT2D eigenvalue weighted by atomic mass is 9.78. The molecule has 0 saturated carbocycles. The van der Waals surface area contributed by atoms with Crippen LogP contribution in [0.25, 0.3) is 0 Å². The largest absolute Gasteiger partial charge is 0.393 e. The highest BCUT2D eigenvalue weighted by Crippen LogP contribution is 2.46. The average molecular weight is 588 g/mol. The molecule has 0 radical (unpaired) electrons. The van der Waals surface area contributed by atoms with E-state index in [0.717, 1.165) is 40.8 Å². The SMILES string of the molecule is O=C1[C@H](CC[C@H](O)c2ccc(F)cc2)[C@@H](c2ccc(CCC(O)(CO)CO)cc2)N1c1ccc(CCc2cn[nH]c2)cc1. The number of carbonyl (C=O) groups excluding carboxylic acids is 1. The zero-order chi connectivity index (χ0) is 30.4. The van der Waals surface area contributed by atoms with Gasteiger partial charge in [-0.15, -0.1) is 0 Å². The lowest BCUT2D eigenvalue weighted by molar-refractivity contribution is -0.131. The summed E-state index contributed by atoms with van der Waals surface area (Å²) in [5.41, 5.74) is 4.06. The summed E-state index contributed by atoms with van der Waals surface area (Å²) < 4.78 is 13.4. The molecule has 1 saturated heterocycles. The third-order valence-corrected chi connectivity index (χ3v) is 8.48.